The van der Waals surface area contributed by atoms with Gasteiger partial charge in [-0.1, -0.05) is 12.1 Å². The number of hydrogen-bond donors (Lipinski definition) is 1. The van der Waals surface area contributed by atoms with Crippen molar-refractivity contribution in [1.82, 2.24) is 4.90 Å². The summed E-state index contributed by atoms with van der Waals surface area (Å²) in [5.41, 5.74) is 1.08. The molecule has 1 rings (SSSR count). The molecule has 1 aromatic carbocycles. The zero-order valence-corrected chi connectivity index (χ0v) is 12.9. The summed E-state index contributed by atoms with van der Waals surface area (Å²) < 4.78 is 22.4. The van der Waals surface area contributed by atoms with Crippen LogP contribution in [0.4, 0.5) is 0 Å². The zero-order chi connectivity index (χ0) is 16.0. The Morgan fingerprint density at radius 1 is 1.19 bits per heavy atom. The molecule has 0 aromatic heterocycles. The van der Waals surface area contributed by atoms with Crippen LogP contribution in [0.25, 0.3) is 0 Å². The van der Waals surface area contributed by atoms with Crippen LogP contribution in [0.2, 0.25) is 0 Å². The molecule has 0 aliphatic rings. The smallest absolute Gasteiger partial charge is 0.303 e. The highest BCUT2D eigenvalue weighted by Crippen LogP contribution is 2.10. The Bertz CT molecular complexity index is 607. The van der Waals surface area contributed by atoms with Crippen LogP contribution in [0, 0.1) is 0 Å². The first-order chi connectivity index (χ1) is 9.69. The number of carboxylic acids is 1. The fourth-order valence-electron chi connectivity index (χ4n) is 1.84. The van der Waals surface area contributed by atoms with Gasteiger partial charge in [-0.2, -0.15) is 0 Å². The maximum Gasteiger partial charge on any atom is 0.303 e. The molecule has 0 unspecified atom stereocenters. The van der Waals surface area contributed by atoms with Crippen molar-refractivity contribution in [2.75, 3.05) is 19.8 Å². The highest BCUT2D eigenvalue weighted by atomic mass is 32.2. The third-order valence-corrected chi connectivity index (χ3v) is 3.72. The Hall–Kier alpha value is -1.89. The average molecular weight is 313 g/mol. The van der Waals surface area contributed by atoms with Crippen molar-refractivity contribution >= 4 is 21.7 Å². The SMILES string of the molecule is CN(CCCC(=O)O)C(=O)c1ccc(CS(C)(=O)=O)cc1. The minimum absolute atomic E-state index is 0.0188. The van der Waals surface area contributed by atoms with E-state index >= 15 is 0 Å². The summed E-state index contributed by atoms with van der Waals surface area (Å²) in [6, 6.07) is 6.38. The maximum atomic E-state index is 12.1. The molecule has 0 aliphatic carbocycles. The summed E-state index contributed by atoms with van der Waals surface area (Å²) in [6.45, 7) is 0.357. The van der Waals surface area contributed by atoms with Crippen LogP contribution < -0.4 is 0 Å². The zero-order valence-electron chi connectivity index (χ0n) is 12.1. The van der Waals surface area contributed by atoms with Crippen molar-refractivity contribution in [2.24, 2.45) is 0 Å². The third-order valence-electron chi connectivity index (χ3n) is 2.86. The second-order valence-corrected chi connectivity index (χ2v) is 7.13. The number of carboxylic acid groups (broad SMARTS) is 1. The Balaban J connectivity index is 2.64. The Kier molecular flexibility index (Phi) is 5.90. The number of nitrogens with zero attached hydrogens (tertiary/aromatic N) is 1. The van der Waals surface area contributed by atoms with Gasteiger partial charge in [0.25, 0.3) is 5.91 Å². The van der Waals surface area contributed by atoms with Crippen LogP contribution in [0.5, 0.6) is 0 Å². The Morgan fingerprint density at radius 3 is 2.24 bits per heavy atom. The lowest BCUT2D eigenvalue weighted by atomic mass is 10.1. The second-order valence-electron chi connectivity index (χ2n) is 4.99. The van der Waals surface area contributed by atoms with Gasteiger partial charge in [0.15, 0.2) is 9.84 Å². The molecule has 1 N–H and O–H groups in total. The molecule has 116 valence electrons. The molecule has 0 aliphatic heterocycles. The molecular formula is C14H19NO5S. The predicted octanol–water partition coefficient (Wildman–Crippen LogP) is 1.17. The standard InChI is InChI=1S/C14H19NO5S/c1-15(9-3-4-13(16)17)14(18)12-7-5-11(6-8-12)10-21(2,19)20/h5-8H,3-4,9-10H2,1-2H3,(H,16,17). The Morgan fingerprint density at radius 2 is 1.76 bits per heavy atom. The number of sulfone groups is 1. The fraction of sp³-hybridized carbons (Fsp3) is 0.429. The van der Waals surface area contributed by atoms with Gasteiger partial charge >= 0.3 is 5.97 Å². The summed E-state index contributed by atoms with van der Waals surface area (Å²) in [7, 11) is -1.49. The van der Waals surface area contributed by atoms with E-state index in [2.05, 4.69) is 0 Å². The van der Waals surface area contributed by atoms with Crippen LogP contribution in [0.15, 0.2) is 24.3 Å². The van der Waals surface area contributed by atoms with Crippen LogP contribution >= 0.6 is 0 Å². The van der Waals surface area contributed by atoms with E-state index in [1.807, 2.05) is 0 Å². The largest absolute Gasteiger partial charge is 0.481 e. The Labute approximate surface area is 124 Å². The van der Waals surface area contributed by atoms with E-state index in [9.17, 15) is 18.0 Å². The van der Waals surface area contributed by atoms with E-state index in [1.165, 1.54) is 4.90 Å². The van der Waals surface area contributed by atoms with Gasteiger partial charge in [-0.15, -0.1) is 0 Å². The van der Waals surface area contributed by atoms with Crippen molar-refractivity contribution in [3.63, 3.8) is 0 Å². The minimum Gasteiger partial charge on any atom is -0.481 e. The number of amides is 1. The average Bonchev–Trinajstić information content (AvgIpc) is 2.36. The van der Waals surface area contributed by atoms with Crippen molar-refractivity contribution in [2.45, 2.75) is 18.6 Å². The highest BCUT2D eigenvalue weighted by Gasteiger charge is 2.12. The van der Waals surface area contributed by atoms with Gasteiger partial charge in [-0.05, 0) is 24.1 Å². The summed E-state index contributed by atoms with van der Waals surface area (Å²) in [5, 5.41) is 8.55. The van der Waals surface area contributed by atoms with E-state index < -0.39 is 15.8 Å². The van der Waals surface area contributed by atoms with Crippen LogP contribution in [-0.2, 0) is 20.4 Å². The normalized spacial score (nSPS) is 11.1. The molecule has 1 aromatic rings. The van der Waals surface area contributed by atoms with Crippen LogP contribution in [0.3, 0.4) is 0 Å². The quantitative estimate of drug-likeness (QED) is 0.816. The van der Waals surface area contributed by atoms with E-state index in [0.717, 1.165) is 6.26 Å². The van der Waals surface area contributed by atoms with Crippen LogP contribution in [-0.4, -0.2) is 50.1 Å². The first-order valence-corrected chi connectivity index (χ1v) is 8.49. The summed E-state index contributed by atoms with van der Waals surface area (Å²) in [6.07, 6.45) is 1.57. The van der Waals surface area contributed by atoms with Gasteiger partial charge in [0.2, 0.25) is 0 Å². The molecule has 0 radical (unpaired) electrons. The summed E-state index contributed by atoms with van der Waals surface area (Å²) >= 11 is 0. The van der Waals surface area contributed by atoms with Crippen molar-refractivity contribution in [3.8, 4) is 0 Å². The van der Waals surface area contributed by atoms with Gasteiger partial charge in [-0.3, -0.25) is 9.59 Å². The van der Waals surface area contributed by atoms with E-state index in [4.69, 9.17) is 5.11 Å². The highest BCUT2D eigenvalue weighted by molar-refractivity contribution is 7.89. The molecule has 0 atom stereocenters. The van der Waals surface area contributed by atoms with Gasteiger partial charge in [-0.25, -0.2) is 8.42 Å². The van der Waals surface area contributed by atoms with E-state index in [1.54, 1.807) is 31.3 Å². The van der Waals surface area contributed by atoms with Gasteiger partial charge in [0.1, 0.15) is 0 Å². The molecule has 1 amide bonds. The summed E-state index contributed by atoms with van der Waals surface area (Å²) in [5.74, 6) is -1.16. The molecule has 0 bridgehead atoms. The van der Waals surface area contributed by atoms with Gasteiger partial charge < -0.3 is 10.0 Å². The molecule has 0 saturated carbocycles. The molecule has 0 spiro atoms. The molecule has 21 heavy (non-hydrogen) atoms. The third kappa shape index (κ3) is 6.40. The van der Waals surface area contributed by atoms with Crippen molar-refractivity contribution in [3.05, 3.63) is 35.4 Å². The van der Waals surface area contributed by atoms with Crippen molar-refractivity contribution < 1.29 is 23.1 Å². The topological polar surface area (TPSA) is 91.8 Å². The molecule has 6 nitrogen and oxygen atoms in total. The first kappa shape index (κ1) is 17.2. The number of carbonyl (C=O) groups excluding carboxylic acids is 1. The number of aliphatic carboxylic acids is 1. The van der Waals surface area contributed by atoms with Gasteiger partial charge in [0, 0.05) is 31.8 Å². The lowest BCUT2D eigenvalue weighted by Crippen LogP contribution is -2.28. The number of benzene rings is 1. The van der Waals surface area contributed by atoms with Crippen molar-refractivity contribution in [1.29, 1.82) is 0 Å². The van der Waals surface area contributed by atoms with Gasteiger partial charge in [0.05, 0.1) is 5.75 Å². The monoisotopic (exact) mass is 313 g/mol. The molecule has 7 heteroatoms. The molecule has 0 heterocycles. The van der Waals surface area contributed by atoms with E-state index in [0.29, 0.717) is 24.1 Å². The lowest BCUT2D eigenvalue weighted by Gasteiger charge is -2.16. The molecular weight excluding hydrogens is 294 g/mol. The number of rotatable bonds is 7. The van der Waals surface area contributed by atoms with Crippen LogP contribution in [0.1, 0.15) is 28.8 Å². The maximum absolute atomic E-state index is 12.1. The predicted molar refractivity (Wildman–Crippen MR) is 78.8 cm³/mol. The molecule has 0 saturated heterocycles. The second kappa shape index (κ2) is 7.21. The fourth-order valence-corrected chi connectivity index (χ4v) is 2.63. The minimum atomic E-state index is -3.10. The number of carbonyl (C=O) groups is 2. The first-order valence-electron chi connectivity index (χ1n) is 6.43. The number of hydrogen-bond acceptors (Lipinski definition) is 4. The summed E-state index contributed by atoms with van der Waals surface area (Å²) in [4.78, 5) is 23.9. The van der Waals surface area contributed by atoms with E-state index in [-0.39, 0.29) is 18.1 Å². The lowest BCUT2D eigenvalue weighted by molar-refractivity contribution is -0.137. The molecule has 0 fully saturated rings.